The van der Waals surface area contributed by atoms with Gasteiger partial charge in [0.1, 0.15) is 5.75 Å². The highest BCUT2D eigenvalue weighted by molar-refractivity contribution is 5.55. The molecular weight excluding hydrogens is 358 g/mol. The molecule has 1 saturated heterocycles. The van der Waals surface area contributed by atoms with Crippen LogP contribution >= 0.6 is 0 Å². The van der Waals surface area contributed by atoms with Gasteiger partial charge < -0.3 is 23.7 Å². The van der Waals surface area contributed by atoms with Gasteiger partial charge in [0.05, 0.1) is 20.3 Å². The number of rotatable bonds is 8. The predicted molar refractivity (Wildman–Crippen MR) is 105 cm³/mol. The summed E-state index contributed by atoms with van der Waals surface area (Å²) in [5.74, 6) is 3.02. The Morgan fingerprint density at radius 1 is 1.00 bits per heavy atom. The van der Waals surface area contributed by atoms with Gasteiger partial charge in [0, 0.05) is 26.2 Å². The lowest BCUT2D eigenvalue weighted by Crippen LogP contribution is -2.31. The summed E-state index contributed by atoms with van der Waals surface area (Å²) in [7, 11) is 3.34. The summed E-state index contributed by atoms with van der Waals surface area (Å²) in [6.07, 6.45) is 2.54. The van der Waals surface area contributed by atoms with Crippen LogP contribution in [0, 0.1) is 0 Å². The number of hydrogen-bond acceptors (Lipinski definition) is 6. The average Bonchev–Trinajstić information content (AvgIpc) is 3.39. The molecule has 0 N–H and O–H groups in total. The highest BCUT2D eigenvalue weighted by atomic mass is 16.7. The van der Waals surface area contributed by atoms with E-state index in [4.69, 9.17) is 23.7 Å². The van der Waals surface area contributed by atoms with Crippen LogP contribution in [0.5, 0.6) is 23.0 Å². The SMILES string of the molecule is COc1ccc(CN(Cc2cc(OC)c3c(c2)OCO3)CC2CCCO2)cc1. The zero-order chi connectivity index (χ0) is 19.3. The molecule has 2 aromatic rings. The quantitative estimate of drug-likeness (QED) is 0.692. The molecule has 1 unspecified atom stereocenters. The van der Waals surface area contributed by atoms with Gasteiger partial charge in [0.25, 0.3) is 0 Å². The molecule has 0 radical (unpaired) electrons. The Balaban J connectivity index is 1.52. The third kappa shape index (κ3) is 4.34. The van der Waals surface area contributed by atoms with Crippen molar-refractivity contribution in [1.82, 2.24) is 4.90 Å². The Morgan fingerprint density at radius 2 is 1.82 bits per heavy atom. The van der Waals surface area contributed by atoms with Crippen molar-refractivity contribution in [2.24, 2.45) is 0 Å². The molecule has 0 spiro atoms. The molecule has 1 atom stereocenters. The Labute approximate surface area is 165 Å². The maximum Gasteiger partial charge on any atom is 0.231 e. The fraction of sp³-hybridized carbons (Fsp3) is 0.455. The van der Waals surface area contributed by atoms with Crippen molar-refractivity contribution in [3.05, 3.63) is 47.5 Å². The molecule has 2 heterocycles. The molecule has 6 nitrogen and oxygen atoms in total. The summed E-state index contributed by atoms with van der Waals surface area (Å²) in [5.41, 5.74) is 2.37. The summed E-state index contributed by atoms with van der Waals surface area (Å²) in [6.45, 7) is 3.60. The van der Waals surface area contributed by atoms with E-state index >= 15 is 0 Å². The van der Waals surface area contributed by atoms with Gasteiger partial charge >= 0.3 is 0 Å². The first-order valence-electron chi connectivity index (χ1n) is 9.68. The number of fused-ring (bicyclic) bond motifs is 1. The topological polar surface area (TPSA) is 49.4 Å². The minimum atomic E-state index is 0.237. The lowest BCUT2D eigenvalue weighted by Gasteiger charge is -2.26. The molecule has 0 aromatic heterocycles. The Bertz CT molecular complexity index is 786. The fourth-order valence-corrected chi connectivity index (χ4v) is 3.78. The fourth-order valence-electron chi connectivity index (χ4n) is 3.78. The van der Waals surface area contributed by atoms with Crippen molar-refractivity contribution in [3.8, 4) is 23.0 Å². The number of nitrogens with zero attached hydrogens (tertiary/aromatic N) is 1. The number of methoxy groups -OCH3 is 2. The Hall–Kier alpha value is -2.44. The first-order chi connectivity index (χ1) is 13.7. The molecule has 1 fully saturated rings. The second kappa shape index (κ2) is 8.71. The molecule has 0 aliphatic carbocycles. The molecule has 150 valence electrons. The molecular formula is C22H27NO5. The minimum Gasteiger partial charge on any atom is -0.497 e. The number of benzene rings is 2. The van der Waals surface area contributed by atoms with E-state index in [-0.39, 0.29) is 12.9 Å². The van der Waals surface area contributed by atoms with Crippen LogP contribution in [-0.4, -0.2) is 45.2 Å². The molecule has 2 aromatic carbocycles. The second-order valence-electron chi connectivity index (χ2n) is 7.18. The van der Waals surface area contributed by atoms with Gasteiger partial charge in [-0.1, -0.05) is 12.1 Å². The van der Waals surface area contributed by atoms with Crippen LogP contribution in [0.3, 0.4) is 0 Å². The average molecular weight is 385 g/mol. The van der Waals surface area contributed by atoms with Crippen LogP contribution in [0.15, 0.2) is 36.4 Å². The predicted octanol–water partition coefficient (Wildman–Crippen LogP) is 3.61. The van der Waals surface area contributed by atoms with Crippen LogP contribution in [0.1, 0.15) is 24.0 Å². The monoisotopic (exact) mass is 385 g/mol. The van der Waals surface area contributed by atoms with Crippen molar-refractivity contribution in [2.75, 3.05) is 34.2 Å². The molecule has 6 heteroatoms. The molecule has 2 aliphatic heterocycles. The standard InChI is InChI=1S/C22H27NO5/c1-24-18-7-5-16(6-8-18)12-23(14-19-4-3-9-26-19)13-17-10-20(25-2)22-21(11-17)27-15-28-22/h5-8,10-11,19H,3-4,9,12-15H2,1-2H3. The second-order valence-corrected chi connectivity index (χ2v) is 7.18. The van der Waals surface area contributed by atoms with Crippen LogP contribution in [0.4, 0.5) is 0 Å². The first kappa shape index (κ1) is 18.9. The van der Waals surface area contributed by atoms with Gasteiger partial charge in [0.2, 0.25) is 12.5 Å². The van der Waals surface area contributed by atoms with Gasteiger partial charge in [0.15, 0.2) is 11.5 Å². The Morgan fingerprint density at radius 3 is 2.54 bits per heavy atom. The summed E-state index contributed by atoms with van der Waals surface area (Å²) < 4.78 is 27.7. The summed E-state index contributed by atoms with van der Waals surface area (Å²) >= 11 is 0. The number of hydrogen-bond donors (Lipinski definition) is 0. The largest absolute Gasteiger partial charge is 0.497 e. The van der Waals surface area contributed by atoms with Crippen molar-refractivity contribution >= 4 is 0 Å². The van der Waals surface area contributed by atoms with E-state index < -0.39 is 0 Å². The van der Waals surface area contributed by atoms with Crippen molar-refractivity contribution in [1.29, 1.82) is 0 Å². The highest BCUT2D eigenvalue weighted by Gasteiger charge is 2.23. The smallest absolute Gasteiger partial charge is 0.231 e. The molecule has 28 heavy (non-hydrogen) atoms. The van der Waals surface area contributed by atoms with Crippen molar-refractivity contribution in [3.63, 3.8) is 0 Å². The van der Waals surface area contributed by atoms with Gasteiger partial charge in [-0.3, -0.25) is 4.90 Å². The van der Waals surface area contributed by atoms with Crippen LogP contribution in [0.25, 0.3) is 0 Å². The summed E-state index contributed by atoms with van der Waals surface area (Å²) in [5, 5.41) is 0. The van der Waals surface area contributed by atoms with E-state index in [2.05, 4.69) is 17.0 Å². The van der Waals surface area contributed by atoms with Gasteiger partial charge in [-0.25, -0.2) is 0 Å². The van der Waals surface area contributed by atoms with Crippen LogP contribution < -0.4 is 18.9 Å². The van der Waals surface area contributed by atoms with Gasteiger partial charge in [-0.05, 0) is 48.2 Å². The molecule has 0 bridgehead atoms. The lowest BCUT2D eigenvalue weighted by atomic mass is 10.1. The van der Waals surface area contributed by atoms with E-state index in [0.29, 0.717) is 11.5 Å². The molecule has 4 rings (SSSR count). The maximum atomic E-state index is 5.88. The lowest BCUT2D eigenvalue weighted by molar-refractivity contribution is 0.0678. The molecule has 0 amide bonds. The number of ether oxygens (including phenoxy) is 5. The van der Waals surface area contributed by atoms with E-state index in [1.807, 2.05) is 24.3 Å². The van der Waals surface area contributed by atoms with E-state index in [0.717, 1.165) is 56.1 Å². The van der Waals surface area contributed by atoms with Crippen LogP contribution in [-0.2, 0) is 17.8 Å². The normalized spacial score (nSPS) is 17.9. The van der Waals surface area contributed by atoms with Crippen molar-refractivity contribution < 1.29 is 23.7 Å². The minimum absolute atomic E-state index is 0.237. The highest BCUT2D eigenvalue weighted by Crippen LogP contribution is 2.42. The third-order valence-corrected chi connectivity index (χ3v) is 5.18. The first-order valence-corrected chi connectivity index (χ1v) is 9.68. The van der Waals surface area contributed by atoms with E-state index in [9.17, 15) is 0 Å². The van der Waals surface area contributed by atoms with E-state index in [1.54, 1.807) is 14.2 Å². The van der Waals surface area contributed by atoms with Crippen LogP contribution in [0.2, 0.25) is 0 Å². The van der Waals surface area contributed by atoms with E-state index in [1.165, 1.54) is 5.56 Å². The van der Waals surface area contributed by atoms with Gasteiger partial charge in [-0.15, -0.1) is 0 Å². The maximum absolute atomic E-state index is 5.88. The molecule has 2 aliphatic rings. The Kier molecular flexibility index (Phi) is 5.88. The summed E-state index contributed by atoms with van der Waals surface area (Å²) in [6, 6.07) is 12.3. The molecule has 0 saturated carbocycles. The van der Waals surface area contributed by atoms with Gasteiger partial charge in [-0.2, -0.15) is 0 Å². The zero-order valence-electron chi connectivity index (χ0n) is 16.5. The zero-order valence-corrected chi connectivity index (χ0v) is 16.5. The third-order valence-electron chi connectivity index (χ3n) is 5.18. The summed E-state index contributed by atoms with van der Waals surface area (Å²) in [4.78, 5) is 2.41. The van der Waals surface area contributed by atoms with Crippen molar-refractivity contribution in [2.45, 2.75) is 32.0 Å².